The number of hydrogen-bond donors (Lipinski definition) is 1. The lowest BCUT2D eigenvalue weighted by molar-refractivity contribution is -0.129. The summed E-state index contributed by atoms with van der Waals surface area (Å²) < 4.78 is 0. The molecular formula is C16H25N3OS. The van der Waals surface area contributed by atoms with Crippen LogP contribution >= 0.6 is 11.3 Å². The zero-order chi connectivity index (χ0) is 14.8. The van der Waals surface area contributed by atoms with Gasteiger partial charge in [0.15, 0.2) is 0 Å². The summed E-state index contributed by atoms with van der Waals surface area (Å²) in [6.45, 7) is 5.91. The van der Waals surface area contributed by atoms with E-state index in [9.17, 15) is 4.79 Å². The molecule has 4 nitrogen and oxygen atoms in total. The quantitative estimate of drug-likeness (QED) is 0.930. The highest BCUT2D eigenvalue weighted by Crippen LogP contribution is 2.35. The number of carbonyl (C=O) groups excluding carboxylic acids is 1. The second-order valence-electron chi connectivity index (χ2n) is 6.06. The summed E-state index contributed by atoms with van der Waals surface area (Å²) in [5.41, 5.74) is 1.32. The van der Waals surface area contributed by atoms with Crippen LogP contribution in [0, 0.1) is 0 Å². The molecule has 1 aliphatic carbocycles. The number of hydrogen-bond acceptors (Lipinski definition) is 4. The van der Waals surface area contributed by atoms with Crippen LogP contribution < -0.4 is 5.32 Å². The maximum absolute atomic E-state index is 11.8. The third kappa shape index (κ3) is 3.14. The topological polar surface area (TPSA) is 45.2 Å². The average molecular weight is 307 g/mol. The highest BCUT2D eigenvalue weighted by atomic mass is 32.1. The van der Waals surface area contributed by atoms with Crippen LogP contribution in [0.15, 0.2) is 0 Å². The van der Waals surface area contributed by atoms with Gasteiger partial charge in [-0.3, -0.25) is 4.79 Å². The van der Waals surface area contributed by atoms with Gasteiger partial charge in [0.1, 0.15) is 0 Å². The lowest BCUT2D eigenvalue weighted by Gasteiger charge is -2.26. The number of carbonyl (C=O) groups is 1. The Morgan fingerprint density at radius 3 is 3.05 bits per heavy atom. The molecule has 1 N–H and O–H groups in total. The molecule has 2 aliphatic rings. The summed E-state index contributed by atoms with van der Waals surface area (Å²) in [6, 6.07) is 0.900. The van der Waals surface area contributed by atoms with Crippen molar-refractivity contribution in [3.05, 3.63) is 15.6 Å². The van der Waals surface area contributed by atoms with Crippen molar-refractivity contribution in [2.45, 2.75) is 64.5 Å². The van der Waals surface area contributed by atoms with Gasteiger partial charge in [0.25, 0.3) is 0 Å². The van der Waals surface area contributed by atoms with Gasteiger partial charge in [-0.15, -0.1) is 11.3 Å². The Balaban J connectivity index is 1.64. The molecule has 116 valence electrons. The molecule has 0 aromatic carbocycles. The summed E-state index contributed by atoms with van der Waals surface area (Å²) >= 11 is 1.88. The van der Waals surface area contributed by atoms with E-state index in [0.29, 0.717) is 18.5 Å². The van der Waals surface area contributed by atoms with Gasteiger partial charge in [0.2, 0.25) is 5.91 Å². The molecule has 2 atom stereocenters. The highest BCUT2D eigenvalue weighted by Gasteiger charge is 2.30. The monoisotopic (exact) mass is 307 g/mol. The maximum atomic E-state index is 11.8. The zero-order valence-corrected chi connectivity index (χ0v) is 13.8. The molecule has 0 spiro atoms. The summed E-state index contributed by atoms with van der Waals surface area (Å²) in [5.74, 6) is 0.287. The second kappa shape index (κ2) is 6.44. The molecule has 1 aromatic rings. The Bertz CT molecular complexity index is 514. The molecule has 21 heavy (non-hydrogen) atoms. The number of aromatic nitrogens is 1. The molecule has 0 radical (unpaired) electrons. The number of thiazole rings is 1. The van der Waals surface area contributed by atoms with Crippen LogP contribution in [0.4, 0.5) is 0 Å². The van der Waals surface area contributed by atoms with Crippen molar-refractivity contribution in [1.29, 1.82) is 0 Å². The van der Waals surface area contributed by atoms with Gasteiger partial charge in [-0.25, -0.2) is 4.98 Å². The average Bonchev–Trinajstić information content (AvgIpc) is 3.13. The van der Waals surface area contributed by atoms with E-state index < -0.39 is 0 Å². The lowest BCUT2D eigenvalue weighted by Crippen LogP contribution is -2.37. The fourth-order valence-electron chi connectivity index (χ4n) is 3.41. The van der Waals surface area contributed by atoms with Crippen LogP contribution in [-0.2, 0) is 17.6 Å². The van der Waals surface area contributed by atoms with E-state index in [1.54, 1.807) is 0 Å². The Morgan fingerprint density at radius 2 is 2.29 bits per heavy atom. The number of nitrogens with one attached hydrogen (secondary N) is 1. The van der Waals surface area contributed by atoms with Crippen molar-refractivity contribution in [3.63, 3.8) is 0 Å². The van der Waals surface area contributed by atoms with Crippen LogP contribution in [0.5, 0.6) is 0 Å². The highest BCUT2D eigenvalue weighted by molar-refractivity contribution is 7.11. The molecule has 5 heteroatoms. The lowest BCUT2D eigenvalue weighted by atomic mass is 9.97. The molecule has 0 bridgehead atoms. The van der Waals surface area contributed by atoms with E-state index in [4.69, 9.17) is 4.98 Å². The van der Waals surface area contributed by atoms with Crippen LogP contribution in [0.25, 0.3) is 0 Å². The molecule has 0 saturated carbocycles. The van der Waals surface area contributed by atoms with Crippen molar-refractivity contribution in [1.82, 2.24) is 15.2 Å². The minimum absolute atomic E-state index is 0.287. The van der Waals surface area contributed by atoms with E-state index in [1.807, 2.05) is 23.2 Å². The SMILES string of the molecule is CCC(=O)N1CC[C@@H](N[C@@H]2CCCc3nc(CC)sc32)C1. The van der Waals surface area contributed by atoms with Gasteiger partial charge < -0.3 is 10.2 Å². The number of fused-ring (bicyclic) bond motifs is 1. The van der Waals surface area contributed by atoms with Gasteiger partial charge in [-0.2, -0.15) is 0 Å². The molecule has 1 fully saturated rings. The minimum atomic E-state index is 0.287. The van der Waals surface area contributed by atoms with Crippen molar-refractivity contribution >= 4 is 17.2 Å². The summed E-state index contributed by atoms with van der Waals surface area (Å²) in [6.07, 6.45) is 6.30. The smallest absolute Gasteiger partial charge is 0.222 e. The van der Waals surface area contributed by atoms with E-state index in [-0.39, 0.29) is 5.91 Å². The molecule has 1 saturated heterocycles. The first-order valence-corrected chi connectivity index (χ1v) is 9.05. The van der Waals surface area contributed by atoms with E-state index in [1.165, 1.54) is 28.4 Å². The van der Waals surface area contributed by atoms with E-state index >= 15 is 0 Å². The largest absolute Gasteiger partial charge is 0.341 e. The molecule has 0 unspecified atom stereocenters. The summed E-state index contributed by atoms with van der Waals surface area (Å²) in [7, 11) is 0. The predicted octanol–water partition coefficient (Wildman–Crippen LogP) is 2.68. The minimum Gasteiger partial charge on any atom is -0.341 e. The Hall–Kier alpha value is -0.940. The third-order valence-corrected chi connectivity index (χ3v) is 5.93. The van der Waals surface area contributed by atoms with Crippen molar-refractivity contribution in [2.24, 2.45) is 0 Å². The van der Waals surface area contributed by atoms with Gasteiger partial charge in [-0.1, -0.05) is 13.8 Å². The van der Waals surface area contributed by atoms with Crippen LogP contribution in [0.3, 0.4) is 0 Å². The van der Waals surface area contributed by atoms with Crippen LogP contribution in [-0.4, -0.2) is 34.9 Å². The number of amides is 1. The third-order valence-electron chi connectivity index (χ3n) is 4.58. The van der Waals surface area contributed by atoms with Crippen molar-refractivity contribution in [3.8, 4) is 0 Å². The first kappa shape index (κ1) is 15.0. The van der Waals surface area contributed by atoms with Crippen molar-refractivity contribution < 1.29 is 4.79 Å². The number of nitrogens with zero attached hydrogens (tertiary/aromatic N) is 2. The number of rotatable bonds is 4. The molecule has 1 amide bonds. The maximum Gasteiger partial charge on any atom is 0.222 e. The van der Waals surface area contributed by atoms with Crippen LogP contribution in [0.2, 0.25) is 0 Å². The van der Waals surface area contributed by atoms with E-state index in [0.717, 1.165) is 32.4 Å². The van der Waals surface area contributed by atoms with Crippen molar-refractivity contribution in [2.75, 3.05) is 13.1 Å². The molecule has 1 aromatic heterocycles. The Kier molecular flexibility index (Phi) is 4.60. The molecule has 1 aliphatic heterocycles. The summed E-state index contributed by atoms with van der Waals surface area (Å²) in [4.78, 5) is 20.0. The Labute approximate surface area is 130 Å². The first-order chi connectivity index (χ1) is 10.2. The standard InChI is InChI=1S/C16H25N3OS/c1-3-14-18-13-7-5-6-12(16(13)21-14)17-11-8-9-19(10-11)15(20)4-2/h11-12,17H,3-10H2,1-2H3/t11-,12-/m1/s1. The predicted molar refractivity (Wildman–Crippen MR) is 85.6 cm³/mol. The first-order valence-electron chi connectivity index (χ1n) is 8.23. The summed E-state index contributed by atoms with van der Waals surface area (Å²) in [5, 5.41) is 5.06. The molecular weight excluding hydrogens is 282 g/mol. The number of likely N-dealkylation sites (tertiary alicyclic amines) is 1. The van der Waals surface area contributed by atoms with Crippen LogP contribution in [0.1, 0.15) is 61.2 Å². The van der Waals surface area contributed by atoms with Gasteiger partial charge in [0, 0.05) is 36.5 Å². The molecule has 3 rings (SSSR count). The fourth-order valence-corrected chi connectivity index (χ4v) is 4.56. The van der Waals surface area contributed by atoms with Gasteiger partial charge in [0.05, 0.1) is 10.7 Å². The van der Waals surface area contributed by atoms with Gasteiger partial charge >= 0.3 is 0 Å². The Morgan fingerprint density at radius 1 is 1.43 bits per heavy atom. The number of aryl methyl sites for hydroxylation is 2. The second-order valence-corrected chi connectivity index (χ2v) is 7.18. The van der Waals surface area contributed by atoms with Gasteiger partial charge in [-0.05, 0) is 32.1 Å². The molecule has 2 heterocycles. The van der Waals surface area contributed by atoms with E-state index in [2.05, 4.69) is 12.2 Å². The normalized spacial score (nSPS) is 25.1. The zero-order valence-electron chi connectivity index (χ0n) is 13.0. The fraction of sp³-hybridized carbons (Fsp3) is 0.750.